The van der Waals surface area contributed by atoms with Gasteiger partial charge in [0.25, 0.3) is 0 Å². The topological polar surface area (TPSA) is 78.0 Å². The van der Waals surface area contributed by atoms with Crippen LogP contribution in [0.2, 0.25) is 0 Å². The number of nitrogens with zero attached hydrogens (tertiary/aromatic N) is 1. The van der Waals surface area contributed by atoms with Gasteiger partial charge in [-0.1, -0.05) is 42.5 Å². The Hall–Kier alpha value is -3.08. The van der Waals surface area contributed by atoms with Gasteiger partial charge in [-0.05, 0) is 23.3 Å². The van der Waals surface area contributed by atoms with Crippen molar-refractivity contribution in [3.05, 3.63) is 65.7 Å². The van der Waals surface area contributed by atoms with E-state index in [-0.39, 0.29) is 17.6 Å². The predicted octanol–water partition coefficient (Wildman–Crippen LogP) is 3.26. The van der Waals surface area contributed by atoms with E-state index in [4.69, 9.17) is 0 Å². The number of aromatic amines is 1. The van der Waals surface area contributed by atoms with E-state index in [2.05, 4.69) is 15.5 Å². The van der Waals surface area contributed by atoms with Crippen LogP contribution in [-0.4, -0.2) is 21.2 Å². The van der Waals surface area contributed by atoms with Crippen LogP contribution in [-0.2, 0) is 4.79 Å². The number of rotatable bonds is 2. The van der Waals surface area contributed by atoms with Gasteiger partial charge < -0.3 is 10.4 Å². The van der Waals surface area contributed by atoms with E-state index in [0.29, 0.717) is 12.2 Å². The Morgan fingerprint density at radius 3 is 2.70 bits per heavy atom. The van der Waals surface area contributed by atoms with Gasteiger partial charge in [0, 0.05) is 17.9 Å². The van der Waals surface area contributed by atoms with E-state index in [1.807, 2.05) is 36.4 Å². The standard InChI is InChI=1S/C18H15N3O2/c22-13-8-4-7-12(9-13)14-10-15(23)19-18-16(14)17(20-21-18)11-5-2-1-3-6-11/h1-9,14,22H,10H2,(H2,19,20,21,23)/t14-/m1/s1. The summed E-state index contributed by atoms with van der Waals surface area (Å²) in [5, 5.41) is 19.9. The number of carbonyl (C=O) groups is 1. The lowest BCUT2D eigenvalue weighted by molar-refractivity contribution is -0.116. The Labute approximate surface area is 133 Å². The lowest BCUT2D eigenvalue weighted by atomic mass is 9.84. The average Bonchev–Trinajstić information content (AvgIpc) is 2.98. The lowest BCUT2D eigenvalue weighted by Crippen LogP contribution is -2.23. The van der Waals surface area contributed by atoms with Crippen LogP contribution in [0.25, 0.3) is 11.3 Å². The van der Waals surface area contributed by atoms with Crippen LogP contribution >= 0.6 is 0 Å². The van der Waals surface area contributed by atoms with Gasteiger partial charge in [-0.2, -0.15) is 5.10 Å². The number of anilines is 1. The fraction of sp³-hybridized carbons (Fsp3) is 0.111. The number of H-pyrrole nitrogens is 1. The van der Waals surface area contributed by atoms with Crippen molar-refractivity contribution in [1.82, 2.24) is 10.2 Å². The van der Waals surface area contributed by atoms with Crippen molar-refractivity contribution >= 4 is 11.7 Å². The molecule has 0 saturated carbocycles. The molecule has 1 atom stereocenters. The van der Waals surface area contributed by atoms with Crippen LogP contribution in [0.4, 0.5) is 5.82 Å². The normalized spacial score (nSPS) is 16.7. The predicted molar refractivity (Wildman–Crippen MR) is 87.2 cm³/mol. The smallest absolute Gasteiger partial charge is 0.226 e. The molecule has 1 aliphatic rings. The molecular weight excluding hydrogens is 290 g/mol. The maximum Gasteiger partial charge on any atom is 0.226 e. The molecule has 3 N–H and O–H groups in total. The van der Waals surface area contributed by atoms with Gasteiger partial charge in [0.1, 0.15) is 5.75 Å². The zero-order chi connectivity index (χ0) is 15.8. The summed E-state index contributed by atoms with van der Waals surface area (Å²) in [4.78, 5) is 12.0. The molecule has 0 radical (unpaired) electrons. The molecule has 1 aliphatic heterocycles. The zero-order valence-corrected chi connectivity index (χ0v) is 12.3. The Kier molecular flexibility index (Phi) is 3.12. The van der Waals surface area contributed by atoms with Gasteiger partial charge in [-0.15, -0.1) is 0 Å². The molecule has 1 amide bonds. The van der Waals surface area contributed by atoms with Gasteiger partial charge in [-0.3, -0.25) is 9.89 Å². The number of aromatic nitrogens is 2. The molecule has 0 fully saturated rings. The third kappa shape index (κ3) is 2.36. The van der Waals surface area contributed by atoms with Gasteiger partial charge in [0.2, 0.25) is 5.91 Å². The molecule has 23 heavy (non-hydrogen) atoms. The number of hydrogen-bond acceptors (Lipinski definition) is 3. The van der Waals surface area contributed by atoms with Crippen LogP contribution in [0.3, 0.4) is 0 Å². The SMILES string of the molecule is O=C1C[C@H](c2cccc(O)c2)c2c(n[nH]c2-c2ccccc2)N1. The van der Waals surface area contributed by atoms with Crippen molar-refractivity contribution in [1.29, 1.82) is 0 Å². The van der Waals surface area contributed by atoms with E-state index in [0.717, 1.165) is 22.4 Å². The number of phenolic OH excluding ortho intramolecular Hbond substituents is 1. The van der Waals surface area contributed by atoms with E-state index >= 15 is 0 Å². The van der Waals surface area contributed by atoms with Gasteiger partial charge in [0.15, 0.2) is 5.82 Å². The van der Waals surface area contributed by atoms with Crippen molar-refractivity contribution in [2.45, 2.75) is 12.3 Å². The lowest BCUT2D eigenvalue weighted by Gasteiger charge is -2.23. The number of aromatic hydroxyl groups is 1. The van der Waals surface area contributed by atoms with Crippen LogP contribution in [0, 0.1) is 0 Å². The number of carbonyl (C=O) groups excluding carboxylic acids is 1. The molecule has 1 aromatic heterocycles. The maximum atomic E-state index is 12.0. The first kappa shape index (κ1) is 13.6. The minimum Gasteiger partial charge on any atom is -0.508 e. The number of benzene rings is 2. The number of fused-ring (bicyclic) bond motifs is 1. The van der Waals surface area contributed by atoms with Crippen molar-refractivity contribution in [2.24, 2.45) is 0 Å². The largest absolute Gasteiger partial charge is 0.508 e. The molecular formula is C18H15N3O2. The van der Waals surface area contributed by atoms with Gasteiger partial charge >= 0.3 is 0 Å². The minimum atomic E-state index is -0.139. The Bertz CT molecular complexity index is 871. The molecule has 5 nitrogen and oxygen atoms in total. The summed E-state index contributed by atoms with van der Waals surface area (Å²) in [6.07, 6.45) is 0.329. The van der Waals surface area contributed by atoms with E-state index in [1.165, 1.54) is 0 Å². The molecule has 0 unspecified atom stereocenters. The molecule has 0 spiro atoms. The summed E-state index contributed by atoms with van der Waals surface area (Å²) in [5.41, 5.74) is 3.78. The quantitative estimate of drug-likeness (QED) is 0.680. The molecule has 4 rings (SSSR count). The average molecular weight is 305 g/mol. The zero-order valence-electron chi connectivity index (χ0n) is 12.3. The second kappa shape index (κ2) is 5.28. The fourth-order valence-corrected chi connectivity index (χ4v) is 3.11. The third-order valence-corrected chi connectivity index (χ3v) is 4.13. The Balaban J connectivity index is 1.88. The Morgan fingerprint density at radius 2 is 1.91 bits per heavy atom. The molecule has 2 aromatic carbocycles. The maximum absolute atomic E-state index is 12.0. The third-order valence-electron chi connectivity index (χ3n) is 4.13. The highest BCUT2D eigenvalue weighted by Crippen LogP contribution is 2.42. The number of nitrogens with one attached hydrogen (secondary N) is 2. The monoisotopic (exact) mass is 305 g/mol. The molecule has 3 aromatic rings. The van der Waals surface area contributed by atoms with E-state index in [9.17, 15) is 9.90 Å². The van der Waals surface area contributed by atoms with Crippen molar-refractivity contribution in [3.63, 3.8) is 0 Å². The fourth-order valence-electron chi connectivity index (χ4n) is 3.11. The number of amides is 1. The summed E-state index contributed by atoms with van der Waals surface area (Å²) < 4.78 is 0. The van der Waals surface area contributed by atoms with Crippen molar-refractivity contribution in [2.75, 3.05) is 5.32 Å². The highest BCUT2D eigenvalue weighted by atomic mass is 16.3. The summed E-state index contributed by atoms with van der Waals surface area (Å²) >= 11 is 0. The second-order valence-corrected chi connectivity index (χ2v) is 5.63. The van der Waals surface area contributed by atoms with Crippen molar-refractivity contribution < 1.29 is 9.90 Å². The number of phenols is 1. The second-order valence-electron chi connectivity index (χ2n) is 5.63. The van der Waals surface area contributed by atoms with E-state index in [1.54, 1.807) is 18.2 Å². The molecule has 2 heterocycles. The summed E-state index contributed by atoms with van der Waals surface area (Å²) in [7, 11) is 0. The van der Waals surface area contributed by atoms with Gasteiger partial charge in [0.05, 0.1) is 5.69 Å². The first-order valence-electron chi connectivity index (χ1n) is 7.45. The van der Waals surface area contributed by atoms with Gasteiger partial charge in [-0.25, -0.2) is 0 Å². The Morgan fingerprint density at radius 1 is 1.09 bits per heavy atom. The van der Waals surface area contributed by atoms with Crippen molar-refractivity contribution in [3.8, 4) is 17.0 Å². The highest BCUT2D eigenvalue weighted by Gasteiger charge is 2.32. The van der Waals surface area contributed by atoms with E-state index < -0.39 is 0 Å². The molecule has 0 aliphatic carbocycles. The van der Waals surface area contributed by atoms with Crippen LogP contribution in [0.1, 0.15) is 23.5 Å². The number of hydrogen-bond donors (Lipinski definition) is 3. The first-order valence-corrected chi connectivity index (χ1v) is 7.45. The molecule has 5 heteroatoms. The highest BCUT2D eigenvalue weighted by molar-refractivity contribution is 5.96. The molecule has 114 valence electrons. The first-order chi connectivity index (χ1) is 11.2. The summed E-state index contributed by atoms with van der Waals surface area (Å²) in [5.74, 6) is 0.546. The van der Waals surface area contributed by atoms with Crippen LogP contribution in [0.15, 0.2) is 54.6 Å². The summed E-state index contributed by atoms with van der Waals surface area (Å²) in [6.45, 7) is 0. The summed E-state index contributed by atoms with van der Waals surface area (Å²) in [6, 6.07) is 16.9. The molecule has 0 bridgehead atoms. The van der Waals surface area contributed by atoms with Crippen LogP contribution < -0.4 is 5.32 Å². The molecule has 0 saturated heterocycles. The minimum absolute atomic E-state index is 0.0723. The van der Waals surface area contributed by atoms with Crippen LogP contribution in [0.5, 0.6) is 5.75 Å².